The molecule has 0 aromatic carbocycles. The zero-order chi connectivity index (χ0) is 69.7. The Hall–Kier alpha value is -13.7. The van der Waals surface area contributed by atoms with E-state index < -0.39 is 0 Å². The molecule has 0 unspecified atom stereocenters. The van der Waals surface area contributed by atoms with E-state index in [-0.39, 0.29) is 0 Å². The highest BCUT2D eigenvalue weighted by Gasteiger charge is 2.03. The molecule has 0 saturated heterocycles. The molecular weight excluding hydrogens is 1260 g/mol. The number of H-pyrrole nitrogens is 10. The van der Waals surface area contributed by atoms with Crippen LogP contribution in [0.1, 0.15) is 56.3 Å². The lowest BCUT2D eigenvalue weighted by molar-refractivity contribution is 1.10. The largest absolute Gasteiger partial charge is 0.360 e. The van der Waals surface area contributed by atoms with E-state index in [4.69, 9.17) is 0 Å². The standard InChI is InChI=1S/C8H8N2.9C7H7N3/c1-6-2-3-7-8(10-6)4-5-9-7;2*1-5-2-8-4-7-6(5)3-9-10-7;1-5-2-6-3-9-10-7(6)4-8-5;1-5-2-6-4-9-10-7(6)8-3-5;2*1-5-6-4-9-10-7(6)2-3-8-5;2*1-5-2-3-8-7-6(5)4-9-10-7;1-5-2-3-6-7(9-5)4-8-10-6/h2-5,9H,1H3;3*2-4H,1H3,(H,9,10);2-4H,1H3,(H,8,9,10);2*2-4H,1H3,(H,9,10);2*2-4H,1H3,(H,8,9,10);2-4H,1H3,(H,8,10). The van der Waals surface area contributed by atoms with Crippen molar-refractivity contribution < 1.29 is 0 Å². The number of aryl methyl sites for hydroxylation is 10. The average Bonchev–Trinajstić information content (AvgIpc) is 1.76. The van der Waals surface area contributed by atoms with Crippen molar-refractivity contribution in [1.29, 1.82) is 0 Å². The summed E-state index contributed by atoms with van der Waals surface area (Å²) in [4.78, 5) is 44.3. The van der Waals surface area contributed by atoms with Crippen molar-refractivity contribution >= 4 is 110 Å². The second-order valence-electron chi connectivity index (χ2n) is 22.8. The number of rotatable bonds is 0. The van der Waals surface area contributed by atoms with Gasteiger partial charge in [-0.05, 0) is 164 Å². The second-order valence-corrected chi connectivity index (χ2v) is 22.8. The van der Waals surface area contributed by atoms with Crippen molar-refractivity contribution in [2.45, 2.75) is 69.2 Å². The molecule has 0 spiro atoms. The topological polar surface area (TPSA) is 403 Å². The van der Waals surface area contributed by atoms with Crippen LogP contribution in [0.5, 0.6) is 0 Å². The van der Waals surface area contributed by atoms with Gasteiger partial charge in [0.2, 0.25) is 0 Å². The molecule has 0 saturated carbocycles. The van der Waals surface area contributed by atoms with Crippen LogP contribution in [0.25, 0.3) is 110 Å². The SMILES string of the molecule is Cc1cc2cn[nH]c2cn1.Cc1ccc2[nH]ccc2n1.Cc1ccc2[nH]ncc2n1.Cc1ccnc2[nH]ncc12.Cc1ccnc2[nH]ncc12.Cc1cnc2[nH]ncc2c1.Cc1cncc2[nH]ncc12.Cc1cncc2[nH]ncc12.Cc1nccc2[nH]ncc12.Cc1nccc2[nH]ncc12. The predicted octanol–water partition coefficient (Wildman–Crippen LogP) is 13.3. The van der Waals surface area contributed by atoms with Crippen LogP contribution in [0.3, 0.4) is 0 Å². The number of nitrogens with zero attached hydrogens (tertiary/aromatic N) is 19. The number of hydrogen-bond acceptors (Lipinski definition) is 19. The van der Waals surface area contributed by atoms with Gasteiger partial charge < -0.3 is 4.98 Å². The first-order valence-corrected chi connectivity index (χ1v) is 31.4. The predicted molar refractivity (Wildman–Crippen MR) is 388 cm³/mol. The Balaban J connectivity index is 0.000000112. The molecule has 29 heteroatoms. The quantitative estimate of drug-likeness (QED) is 0.0674. The third-order valence-corrected chi connectivity index (χ3v) is 15.3. The summed E-state index contributed by atoms with van der Waals surface area (Å²) in [6.07, 6.45) is 35.9. The number of hydrogen-bond donors (Lipinski definition) is 10. The minimum Gasteiger partial charge on any atom is -0.360 e. The van der Waals surface area contributed by atoms with Crippen LogP contribution in [0.2, 0.25) is 0 Å². The van der Waals surface area contributed by atoms with Crippen molar-refractivity contribution in [2.24, 2.45) is 0 Å². The van der Waals surface area contributed by atoms with Crippen LogP contribution in [-0.2, 0) is 0 Å². The van der Waals surface area contributed by atoms with E-state index in [0.29, 0.717) is 0 Å². The maximum Gasteiger partial charge on any atom is 0.155 e. The minimum absolute atomic E-state index is 0.852. The molecule has 0 amide bonds. The van der Waals surface area contributed by atoms with Gasteiger partial charge in [0.15, 0.2) is 16.9 Å². The Morgan fingerprint density at radius 2 is 0.720 bits per heavy atom. The lowest BCUT2D eigenvalue weighted by Gasteiger charge is -1.89. The Morgan fingerprint density at radius 3 is 1.29 bits per heavy atom. The zero-order valence-electron chi connectivity index (χ0n) is 56.4. The van der Waals surface area contributed by atoms with Gasteiger partial charge in [-0.15, -0.1) is 0 Å². The van der Waals surface area contributed by atoms with E-state index in [0.717, 1.165) is 155 Å². The number of fused-ring (bicyclic) bond motifs is 10. The van der Waals surface area contributed by atoms with Crippen molar-refractivity contribution in [3.8, 4) is 0 Å². The Morgan fingerprint density at radius 1 is 0.260 bits per heavy atom. The molecule has 0 aliphatic rings. The van der Waals surface area contributed by atoms with E-state index in [1.165, 1.54) is 11.1 Å². The molecule has 20 aromatic heterocycles. The summed E-state index contributed by atoms with van der Waals surface area (Å²) >= 11 is 0. The molecule has 100 heavy (non-hydrogen) atoms. The van der Waals surface area contributed by atoms with Gasteiger partial charge in [-0.1, -0.05) is 0 Å². The van der Waals surface area contributed by atoms with E-state index in [1.54, 1.807) is 86.8 Å². The van der Waals surface area contributed by atoms with Crippen LogP contribution in [-0.4, -0.2) is 147 Å². The highest BCUT2D eigenvalue weighted by molar-refractivity contribution is 5.83. The molecule has 20 heterocycles. The first-order valence-electron chi connectivity index (χ1n) is 31.4. The molecule has 0 radical (unpaired) electrons. The average molecular weight is 1330 g/mol. The Kier molecular flexibility index (Phi) is 22.1. The first kappa shape index (κ1) is 67.7. The molecule has 0 atom stereocenters. The van der Waals surface area contributed by atoms with Crippen molar-refractivity contribution in [3.63, 3.8) is 0 Å². The fourth-order valence-electron chi connectivity index (χ4n) is 9.84. The molecule has 20 aromatic rings. The number of aromatic amines is 10. The van der Waals surface area contributed by atoms with Gasteiger partial charge >= 0.3 is 0 Å². The smallest absolute Gasteiger partial charge is 0.155 e. The number of pyridine rings is 10. The molecule has 0 bridgehead atoms. The van der Waals surface area contributed by atoms with Gasteiger partial charge in [0, 0.05) is 121 Å². The van der Waals surface area contributed by atoms with Crippen LogP contribution in [0.4, 0.5) is 0 Å². The van der Waals surface area contributed by atoms with Crippen LogP contribution in [0.15, 0.2) is 191 Å². The molecular formula is C71H71N29. The van der Waals surface area contributed by atoms with Crippen molar-refractivity contribution in [1.82, 2.24) is 147 Å². The molecule has 0 fully saturated rings. The highest BCUT2D eigenvalue weighted by Crippen LogP contribution is 2.18. The van der Waals surface area contributed by atoms with Crippen LogP contribution in [0, 0.1) is 69.2 Å². The third-order valence-electron chi connectivity index (χ3n) is 15.3. The van der Waals surface area contributed by atoms with E-state index in [1.807, 2.05) is 173 Å². The second kappa shape index (κ2) is 32.6. The monoisotopic (exact) mass is 1330 g/mol. The van der Waals surface area contributed by atoms with Gasteiger partial charge in [-0.3, -0.25) is 75.8 Å². The van der Waals surface area contributed by atoms with E-state index >= 15 is 0 Å². The van der Waals surface area contributed by atoms with Gasteiger partial charge in [0.05, 0.1) is 118 Å². The summed E-state index contributed by atoms with van der Waals surface area (Å²) in [6, 6.07) is 21.8. The number of nitrogens with one attached hydrogen (secondary N) is 10. The fourth-order valence-corrected chi connectivity index (χ4v) is 9.84. The third kappa shape index (κ3) is 17.6. The first-order chi connectivity index (χ1) is 48.7. The number of aromatic nitrogens is 29. The summed E-state index contributed by atoms with van der Waals surface area (Å²) in [7, 11) is 0. The van der Waals surface area contributed by atoms with Gasteiger partial charge in [-0.25, -0.2) is 19.9 Å². The van der Waals surface area contributed by atoms with Crippen molar-refractivity contribution in [3.05, 3.63) is 247 Å². The lowest BCUT2D eigenvalue weighted by Crippen LogP contribution is -1.78. The van der Waals surface area contributed by atoms with E-state index in [2.05, 4.69) is 147 Å². The van der Waals surface area contributed by atoms with Crippen molar-refractivity contribution in [2.75, 3.05) is 0 Å². The van der Waals surface area contributed by atoms with Crippen LogP contribution < -0.4 is 0 Å². The summed E-state index contributed by atoms with van der Waals surface area (Å²) in [6.45, 7) is 20.0. The normalized spacial score (nSPS) is 10.5. The van der Waals surface area contributed by atoms with E-state index in [9.17, 15) is 0 Å². The Bertz CT molecular complexity index is 5040. The van der Waals surface area contributed by atoms with Gasteiger partial charge in [0.1, 0.15) is 5.52 Å². The molecule has 20 rings (SSSR count). The summed E-state index contributed by atoms with van der Waals surface area (Å²) < 4.78 is 0. The zero-order valence-corrected chi connectivity index (χ0v) is 56.4. The molecule has 500 valence electrons. The maximum atomic E-state index is 4.30. The molecule has 0 aliphatic heterocycles. The highest BCUT2D eigenvalue weighted by atomic mass is 15.2. The summed E-state index contributed by atoms with van der Waals surface area (Å²) in [5.74, 6) is 0. The van der Waals surface area contributed by atoms with Gasteiger partial charge in [-0.2, -0.15) is 45.9 Å². The molecule has 0 aliphatic carbocycles. The van der Waals surface area contributed by atoms with Crippen LogP contribution >= 0.6 is 0 Å². The Labute approximate surface area is 569 Å². The fraction of sp³-hybridized carbons (Fsp3) is 0.141. The maximum absolute atomic E-state index is 4.30. The minimum atomic E-state index is 0.852. The lowest BCUT2D eigenvalue weighted by atomic mass is 10.2. The summed E-state index contributed by atoms with van der Waals surface area (Å²) in [5.41, 5.74) is 22.8. The molecule has 10 N–H and O–H groups in total. The molecule has 29 nitrogen and oxygen atoms in total. The summed E-state index contributed by atoms with van der Waals surface area (Å²) in [5, 5.41) is 69.3. The van der Waals surface area contributed by atoms with Gasteiger partial charge in [0.25, 0.3) is 0 Å².